The van der Waals surface area contributed by atoms with Gasteiger partial charge in [0.15, 0.2) is 0 Å². The van der Waals surface area contributed by atoms with Crippen molar-refractivity contribution in [2.24, 2.45) is 0 Å². The molecule has 0 radical (unpaired) electrons. The van der Waals surface area contributed by atoms with Crippen molar-refractivity contribution in [1.29, 1.82) is 0 Å². The summed E-state index contributed by atoms with van der Waals surface area (Å²) in [6, 6.07) is 4.95. The third-order valence-corrected chi connectivity index (χ3v) is 3.34. The molecule has 1 aromatic carbocycles. The maximum Gasteiger partial charge on any atom is 0.315 e. The van der Waals surface area contributed by atoms with E-state index >= 15 is 0 Å². The maximum atomic E-state index is 11.6. The van der Waals surface area contributed by atoms with Crippen LogP contribution in [0.4, 0.5) is 4.79 Å². The minimum Gasteiger partial charge on any atom is -0.385 e. The minimum absolute atomic E-state index is 0.141. The maximum absolute atomic E-state index is 11.6. The number of rotatable bonds is 6. The molecule has 6 heteroatoms. The number of carbonyl (C=O) groups is 1. The molecule has 0 aliphatic rings. The predicted octanol–water partition coefficient (Wildman–Crippen LogP) is 3.39. The number of carbonyl (C=O) groups excluding carboxylic acids is 1. The molecule has 2 N–H and O–H groups in total. The first-order valence-electron chi connectivity index (χ1n) is 6.03. The molecule has 0 saturated heterocycles. The molecule has 1 aromatic rings. The lowest BCUT2D eigenvalue weighted by atomic mass is 10.1. The summed E-state index contributed by atoms with van der Waals surface area (Å²) in [7, 11) is 1.63. The van der Waals surface area contributed by atoms with Crippen molar-refractivity contribution in [2.45, 2.75) is 19.4 Å². The van der Waals surface area contributed by atoms with Crippen molar-refractivity contribution in [1.82, 2.24) is 10.6 Å². The molecular weight excluding hydrogens is 287 g/mol. The third kappa shape index (κ3) is 5.68. The Bertz CT molecular complexity index is 427. The van der Waals surface area contributed by atoms with Crippen LogP contribution in [0.15, 0.2) is 18.2 Å². The Hall–Kier alpha value is -0.970. The summed E-state index contributed by atoms with van der Waals surface area (Å²) in [5, 5.41) is 6.56. The van der Waals surface area contributed by atoms with E-state index in [1.165, 1.54) is 0 Å². The summed E-state index contributed by atoms with van der Waals surface area (Å²) in [4.78, 5) is 11.6. The zero-order valence-electron chi connectivity index (χ0n) is 11.0. The van der Waals surface area contributed by atoms with Crippen LogP contribution in [-0.2, 0) is 4.74 Å². The van der Waals surface area contributed by atoms with Gasteiger partial charge in [0, 0.05) is 20.3 Å². The highest BCUT2D eigenvalue weighted by Gasteiger charge is 2.10. The van der Waals surface area contributed by atoms with Crippen molar-refractivity contribution in [3.05, 3.63) is 33.8 Å². The Balaban J connectivity index is 2.43. The number of urea groups is 1. The van der Waals surface area contributed by atoms with Gasteiger partial charge < -0.3 is 15.4 Å². The number of benzene rings is 1. The largest absolute Gasteiger partial charge is 0.385 e. The van der Waals surface area contributed by atoms with Crippen LogP contribution >= 0.6 is 23.2 Å². The molecule has 0 fully saturated rings. The van der Waals surface area contributed by atoms with Gasteiger partial charge in [-0.05, 0) is 31.0 Å². The summed E-state index contributed by atoms with van der Waals surface area (Å²) >= 11 is 11.8. The molecule has 0 aliphatic heterocycles. The molecule has 2 amide bonds. The molecule has 1 unspecified atom stereocenters. The van der Waals surface area contributed by atoms with Gasteiger partial charge in [-0.25, -0.2) is 4.79 Å². The van der Waals surface area contributed by atoms with E-state index in [0.29, 0.717) is 23.2 Å². The Kier molecular flexibility index (Phi) is 6.99. The Labute approximate surface area is 123 Å². The van der Waals surface area contributed by atoms with E-state index in [1.807, 2.05) is 13.0 Å². The second-order valence-corrected chi connectivity index (χ2v) is 4.96. The van der Waals surface area contributed by atoms with Crippen LogP contribution in [0.1, 0.15) is 24.9 Å². The lowest BCUT2D eigenvalue weighted by Crippen LogP contribution is -2.37. The molecule has 0 heterocycles. The number of hydrogen-bond acceptors (Lipinski definition) is 2. The van der Waals surface area contributed by atoms with Gasteiger partial charge in [-0.3, -0.25) is 0 Å². The molecule has 0 bridgehead atoms. The van der Waals surface area contributed by atoms with Crippen LogP contribution in [0.25, 0.3) is 0 Å². The molecule has 1 atom stereocenters. The molecular formula is C13H18Cl2N2O2. The number of ether oxygens (including phenoxy) is 1. The number of nitrogens with one attached hydrogen (secondary N) is 2. The van der Waals surface area contributed by atoms with Gasteiger partial charge in [0.25, 0.3) is 0 Å². The molecule has 106 valence electrons. The minimum atomic E-state index is -0.213. The van der Waals surface area contributed by atoms with Gasteiger partial charge >= 0.3 is 6.03 Å². The van der Waals surface area contributed by atoms with Crippen LogP contribution in [0.3, 0.4) is 0 Å². The van der Waals surface area contributed by atoms with Gasteiger partial charge in [0.05, 0.1) is 16.1 Å². The summed E-state index contributed by atoms with van der Waals surface area (Å²) < 4.78 is 4.90. The van der Waals surface area contributed by atoms with Gasteiger partial charge in [0.1, 0.15) is 0 Å². The molecule has 0 aromatic heterocycles. The highest BCUT2D eigenvalue weighted by molar-refractivity contribution is 6.42. The zero-order valence-corrected chi connectivity index (χ0v) is 12.5. The van der Waals surface area contributed by atoms with E-state index in [2.05, 4.69) is 10.6 Å². The van der Waals surface area contributed by atoms with E-state index < -0.39 is 0 Å². The number of amides is 2. The van der Waals surface area contributed by atoms with Gasteiger partial charge in [-0.2, -0.15) is 0 Å². The van der Waals surface area contributed by atoms with Crippen LogP contribution in [0.2, 0.25) is 10.0 Å². The van der Waals surface area contributed by atoms with Gasteiger partial charge in [0.2, 0.25) is 0 Å². The fourth-order valence-electron chi connectivity index (χ4n) is 1.53. The van der Waals surface area contributed by atoms with Crippen LogP contribution in [-0.4, -0.2) is 26.3 Å². The summed E-state index contributed by atoms with van der Waals surface area (Å²) in [6.07, 6.45) is 0.783. The van der Waals surface area contributed by atoms with Gasteiger partial charge in [-0.1, -0.05) is 29.3 Å². The molecule has 0 spiro atoms. The second kappa shape index (κ2) is 8.25. The molecule has 19 heavy (non-hydrogen) atoms. The van der Waals surface area contributed by atoms with Crippen molar-refractivity contribution in [3.63, 3.8) is 0 Å². The Morgan fingerprint density at radius 1 is 1.37 bits per heavy atom. The average molecular weight is 305 g/mol. The molecule has 0 aliphatic carbocycles. The van der Waals surface area contributed by atoms with E-state index in [0.717, 1.165) is 12.0 Å². The first kappa shape index (κ1) is 16.1. The highest BCUT2D eigenvalue weighted by atomic mass is 35.5. The van der Waals surface area contributed by atoms with E-state index in [4.69, 9.17) is 27.9 Å². The number of methoxy groups -OCH3 is 1. The zero-order chi connectivity index (χ0) is 14.3. The fraction of sp³-hybridized carbons (Fsp3) is 0.462. The van der Waals surface area contributed by atoms with E-state index in [-0.39, 0.29) is 12.1 Å². The average Bonchev–Trinajstić information content (AvgIpc) is 2.38. The van der Waals surface area contributed by atoms with Crippen LogP contribution < -0.4 is 10.6 Å². The standard InChI is InChI=1S/C13H18Cl2N2O2/c1-9(10-4-5-11(14)12(15)8-10)17-13(18)16-6-3-7-19-2/h4-5,8-9H,3,6-7H2,1-2H3,(H2,16,17,18). The molecule has 4 nitrogen and oxygen atoms in total. The summed E-state index contributed by atoms with van der Waals surface area (Å²) in [5.74, 6) is 0. The second-order valence-electron chi connectivity index (χ2n) is 4.14. The molecule has 0 saturated carbocycles. The summed E-state index contributed by atoms with van der Waals surface area (Å²) in [6.45, 7) is 3.09. The predicted molar refractivity (Wildman–Crippen MR) is 77.9 cm³/mol. The van der Waals surface area contributed by atoms with Crippen molar-refractivity contribution in [2.75, 3.05) is 20.3 Å². The first-order valence-corrected chi connectivity index (χ1v) is 6.78. The lowest BCUT2D eigenvalue weighted by molar-refractivity contribution is 0.193. The normalized spacial score (nSPS) is 12.0. The number of halogens is 2. The Morgan fingerprint density at radius 3 is 2.74 bits per heavy atom. The van der Waals surface area contributed by atoms with Crippen LogP contribution in [0.5, 0.6) is 0 Å². The number of hydrogen-bond donors (Lipinski definition) is 2. The quantitative estimate of drug-likeness (QED) is 0.792. The van der Waals surface area contributed by atoms with Gasteiger partial charge in [-0.15, -0.1) is 0 Å². The van der Waals surface area contributed by atoms with E-state index in [9.17, 15) is 4.79 Å². The highest BCUT2D eigenvalue weighted by Crippen LogP contribution is 2.25. The summed E-state index contributed by atoms with van der Waals surface area (Å²) in [5.41, 5.74) is 0.904. The monoisotopic (exact) mass is 304 g/mol. The van der Waals surface area contributed by atoms with Crippen molar-refractivity contribution >= 4 is 29.2 Å². The SMILES string of the molecule is COCCCNC(=O)NC(C)c1ccc(Cl)c(Cl)c1. The fourth-order valence-corrected chi connectivity index (χ4v) is 1.84. The third-order valence-electron chi connectivity index (χ3n) is 2.60. The molecule has 1 rings (SSSR count). The van der Waals surface area contributed by atoms with Crippen LogP contribution in [0, 0.1) is 0 Å². The Morgan fingerprint density at radius 2 is 2.11 bits per heavy atom. The van der Waals surface area contributed by atoms with Crippen molar-refractivity contribution in [3.8, 4) is 0 Å². The topological polar surface area (TPSA) is 50.4 Å². The smallest absolute Gasteiger partial charge is 0.315 e. The van der Waals surface area contributed by atoms with E-state index in [1.54, 1.807) is 19.2 Å². The first-order chi connectivity index (χ1) is 9.04. The van der Waals surface area contributed by atoms with Crippen molar-refractivity contribution < 1.29 is 9.53 Å². The lowest BCUT2D eigenvalue weighted by Gasteiger charge is -2.15.